The summed E-state index contributed by atoms with van der Waals surface area (Å²) in [6, 6.07) is 5.14. The number of para-hydroxylation sites is 1. The SMILES string of the molecule is CCCN1C(=O)[C@H]2[C@H](CC=C3[C@H](c4cccc(OCC)c4O)C4=C(C[C@H]32)C(=O)C(C)=CC4=O)C1=O. The number of ether oxygens (including phenoxy) is 1. The topological polar surface area (TPSA) is 101 Å². The maximum atomic E-state index is 13.4. The highest BCUT2D eigenvalue weighted by molar-refractivity contribution is 6.23. The van der Waals surface area contributed by atoms with Gasteiger partial charge in [0.2, 0.25) is 11.8 Å². The van der Waals surface area contributed by atoms with Crippen molar-refractivity contribution in [2.75, 3.05) is 13.2 Å². The highest BCUT2D eigenvalue weighted by Crippen LogP contribution is 2.56. The molecule has 7 nitrogen and oxygen atoms in total. The van der Waals surface area contributed by atoms with Gasteiger partial charge in [0.25, 0.3) is 0 Å². The fraction of sp³-hybridized carbons (Fsp3) is 0.429. The summed E-state index contributed by atoms with van der Waals surface area (Å²) in [4.78, 5) is 54.4. The molecule has 35 heavy (non-hydrogen) atoms. The summed E-state index contributed by atoms with van der Waals surface area (Å²) >= 11 is 0. The Morgan fingerprint density at radius 2 is 1.86 bits per heavy atom. The Morgan fingerprint density at radius 3 is 2.57 bits per heavy atom. The van der Waals surface area contributed by atoms with E-state index in [9.17, 15) is 24.3 Å². The normalized spacial score (nSPS) is 27.9. The van der Waals surface area contributed by atoms with Crippen LogP contribution in [0.4, 0.5) is 0 Å². The molecule has 0 unspecified atom stereocenters. The van der Waals surface area contributed by atoms with E-state index in [4.69, 9.17) is 4.74 Å². The van der Waals surface area contributed by atoms with E-state index in [1.807, 2.05) is 19.9 Å². The first-order chi connectivity index (χ1) is 16.8. The van der Waals surface area contributed by atoms with Crippen molar-refractivity contribution in [3.63, 3.8) is 0 Å². The molecule has 4 aliphatic rings. The highest BCUT2D eigenvalue weighted by atomic mass is 16.5. The number of hydrogen-bond acceptors (Lipinski definition) is 6. The third-order valence-electron chi connectivity index (χ3n) is 7.74. The molecule has 182 valence electrons. The maximum Gasteiger partial charge on any atom is 0.233 e. The molecule has 2 amide bonds. The molecule has 3 aliphatic carbocycles. The van der Waals surface area contributed by atoms with Crippen molar-refractivity contribution >= 4 is 23.4 Å². The Hall–Kier alpha value is -3.48. The minimum Gasteiger partial charge on any atom is -0.504 e. The van der Waals surface area contributed by atoms with Gasteiger partial charge in [-0.2, -0.15) is 0 Å². The first-order valence-electron chi connectivity index (χ1n) is 12.3. The van der Waals surface area contributed by atoms with Crippen LogP contribution in [0.25, 0.3) is 0 Å². The molecule has 0 saturated carbocycles. The van der Waals surface area contributed by atoms with Gasteiger partial charge in [0.15, 0.2) is 23.1 Å². The fourth-order valence-corrected chi connectivity index (χ4v) is 6.29. The zero-order valence-corrected chi connectivity index (χ0v) is 20.2. The van der Waals surface area contributed by atoms with Crippen molar-refractivity contribution in [3.8, 4) is 11.5 Å². The third kappa shape index (κ3) is 3.39. The molecule has 0 spiro atoms. The van der Waals surface area contributed by atoms with E-state index in [0.717, 1.165) is 5.57 Å². The summed E-state index contributed by atoms with van der Waals surface area (Å²) in [5.74, 6) is -2.72. The molecular weight excluding hydrogens is 446 g/mol. The van der Waals surface area contributed by atoms with Crippen LogP contribution < -0.4 is 4.74 Å². The van der Waals surface area contributed by atoms with E-state index < -0.39 is 23.7 Å². The molecule has 1 fully saturated rings. The number of phenolic OH excluding ortho intramolecular Hbond substituents is 1. The lowest BCUT2D eigenvalue weighted by molar-refractivity contribution is -0.140. The summed E-state index contributed by atoms with van der Waals surface area (Å²) in [5.41, 5.74) is 2.39. The molecule has 1 heterocycles. The van der Waals surface area contributed by atoms with Gasteiger partial charge >= 0.3 is 0 Å². The number of imide groups is 1. The van der Waals surface area contributed by atoms with Crippen LogP contribution in [0.2, 0.25) is 0 Å². The lowest BCUT2D eigenvalue weighted by Gasteiger charge is -2.42. The van der Waals surface area contributed by atoms with E-state index in [1.54, 1.807) is 25.1 Å². The van der Waals surface area contributed by atoms with Crippen LogP contribution in [0.5, 0.6) is 11.5 Å². The van der Waals surface area contributed by atoms with Crippen LogP contribution >= 0.6 is 0 Å². The number of hydrogen-bond donors (Lipinski definition) is 1. The molecule has 7 heteroatoms. The van der Waals surface area contributed by atoms with Crippen molar-refractivity contribution in [3.05, 3.63) is 58.2 Å². The van der Waals surface area contributed by atoms with Crippen LogP contribution in [-0.4, -0.2) is 46.5 Å². The minimum absolute atomic E-state index is 0.0807. The molecule has 5 rings (SSSR count). The number of ketones is 2. The van der Waals surface area contributed by atoms with E-state index in [2.05, 4.69) is 0 Å². The average Bonchev–Trinajstić information content (AvgIpc) is 3.08. The van der Waals surface area contributed by atoms with Crippen molar-refractivity contribution in [2.24, 2.45) is 17.8 Å². The number of nitrogens with zero attached hydrogens (tertiary/aromatic N) is 1. The predicted octanol–water partition coefficient (Wildman–Crippen LogP) is 3.63. The molecule has 1 N–H and O–H groups in total. The van der Waals surface area contributed by atoms with Crippen LogP contribution in [0.3, 0.4) is 0 Å². The summed E-state index contributed by atoms with van der Waals surface area (Å²) in [7, 11) is 0. The Morgan fingerprint density at radius 1 is 1.09 bits per heavy atom. The Bertz CT molecular complexity index is 1250. The summed E-state index contributed by atoms with van der Waals surface area (Å²) < 4.78 is 5.59. The fourth-order valence-electron chi connectivity index (χ4n) is 6.29. The van der Waals surface area contributed by atoms with Crippen LogP contribution in [0.1, 0.15) is 51.5 Å². The maximum absolute atomic E-state index is 13.4. The molecule has 0 aromatic heterocycles. The summed E-state index contributed by atoms with van der Waals surface area (Å²) in [6.07, 6.45) is 4.62. The monoisotopic (exact) mass is 475 g/mol. The number of amides is 2. The zero-order valence-electron chi connectivity index (χ0n) is 20.2. The average molecular weight is 476 g/mol. The van der Waals surface area contributed by atoms with Crippen LogP contribution in [0.15, 0.2) is 52.6 Å². The standard InChI is InChI=1S/C28H29NO6/c1-4-11-29-27(33)17-10-9-15-18(23(17)28(29)34)13-19-24(20(30)12-14(3)25(19)31)22(15)16-7-6-8-21(26(16)32)35-5-2/h6-9,12,17-18,22-23,32H,4-5,10-11,13H2,1-3H3/t17-,18+,22+,23-/m0/s1. The zero-order chi connectivity index (χ0) is 25.0. The van der Waals surface area contributed by atoms with E-state index in [1.165, 1.54) is 11.0 Å². The molecule has 1 saturated heterocycles. The Labute approximate surface area is 204 Å². The van der Waals surface area contributed by atoms with Gasteiger partial charge in [0.1, 0.15) is 0 Å². The van der Waals surface area contributed by atoms with Crippen LogP contribution in [-0.2, 0) is 19.2 Å². The number of aromatic hydroxyl groups is 1. The number of allylic oxidation sites excluding steroid dienone is 6. The molecule has 0 bridgehead atoms. The second-order valence-corrected chi connectivity index (χ2v) is 9.68. The number of phenols is 1. The number of Topliss-reactive ketones (excluding diaryl/α,β-unsaturated/α-hetero) is 1. The first-order valence-corrected chi connectivity index (χ1v) is 12.3. The molecule has 4 atom stereocenters. The van der Waals surface area contributed by atoms with Gasteiger partial charge in [0.05, 0.1) is 18.4 Å². The lowest BCUT2D eigenvalue weighted by Crippen LogP contribution is -2.39. The van der Waals surface area contributed by atoms with Gasteiger partial charge in [-0.05, 0) is 51.2 Å². The van der Waals surface area contributed by atoms with Crippen molar-refractivity contribution in [1.29, 1.82) is 0 Å². The number of benzene rings is 1. The number of likely N-dealkylation sites (tertiary alicyclic amines) is 1. The second kappa shape index (κ2) is 8.63. The van der Waals surface area contributed by atoms with Gasteiger partial charge < -0.3 is 9.84 Å². The lowest BCUT2D eigenvalue weighted by atomic mass is 9.59. The molecule has 0 radical (unpaired) electrons. The summed E-state index contributed by atoms with van der Waals surface area (Å²) in [6.45, 7) is 6.09. The van der Waals surface area contributed by atoms with Crippen molar-refractivity contribution in [1.82, 2.24) is 4.90 Å². The van der Waals surface area contributed by atoms with Gasteiger partial charge in [-0.3, -0.25) is 24.1 Å². The second-order valence-electron chi connectivity index (χ2n) is 9.68. The molecule has 1 aromatic rings. The van der Waals surface area contributed by atoms with Gasteiger partial charge in [0, 0.05) is 34.7 Å². The minimum atomic E-state index is -0.686. The predicted molar refractivity (Wildman–Crippen MR) is 128 cm³/mol. The number of carbonyl (C=O) groups is 4. The number of rotatable bonds is 5. The van der Waals surface area contributed by atoms with Crippen LogP contribution in [0, 0.1) is 17.8 Å². The van der Waals surface area contributed by atoms with E-state index in [-0.39, 0.29) is 35.6 Å². The first kappa shape index (κ1) is 23.3. The molecule has 1 aliphatic heterocycles. The third-order valence-corrected chi connectivity index (χ3v) is 7.74. The van der Waals surface area contributed by atoms with Gasteiger partial charge in [-0.15, -0.1) is 0 Å². The molecular formula is C28H29NO6. The highest BCUT2D eigenvalue weighted by Gasteiger charge is 2.56. The van der Waals surface area contributed by atoms with E-state index >= 15 is 0 Å². The Kier molecular flexibility index (Phi) is 5.74. The van der Waals surface area contributed by atoms with Gasteiger partial charge in [-0.25, -0.2) is 0 Å². The summed E-state index contributed by atoms with van der Waals surface area (Å²) in [5, 5.41) is 11.1. The van der Waals surface area contributed by atoms with E-state index in [0.29, 0.717) is 54.0 Å². The number of carbonyl (C=O) groups excluding carboxylic acids is 4. The van der Waals surface area contributed by atoms with Gasteiger partial charge in [-0.1, -0.05) is 30.7 Å². The Balaban J connectivity index is 1.69. The molecule has 1 aromatic carbocycles. The smallest absolute Gasteiger partial charge is 0.233 e. The largest absolute Gasteiger partial charge is 0.504 e. The quantitative estimate of drug-likeness (QED) is 0.397. The number of fused-ring (bicyclic) bond motifs is 3. The van der Waals surface area contributed by atoms with Crippen molar-refractivity contribution in [2.45, 2.75) is 46.0 Å². The van der Waals surface area contributed by atoms with Crippen molar-refractivity contribution < 1.29 is 29.0 Å².